The van der Waals surface area contributed by atoms with Crippen LogP contribution < -0.4 is 14.8 Å². The molecule has 1 aromatic heterocycles. The SMILES string of the molecule is C[C@@H]1CCOc2cc(F)ccc2-c2nc(ncc2F)Nc2cc(CS(C)(=N)=O)cc(c2)O1. The van der Waals surface area contributed by atoms with E-state index in [9.17, 15) is 13.0 Å². The fraction of sp³-hybridized carbons (Fsp3) is 0.273. The second-order valence-corrected chi connectivity index (χ2v) is 10.0. The molecular formula is C22H22F2N4O3S. The Morgan fingerprint density at radius 1 is 1.25 bits per heavy atom. The van der Waals surface area contributed by atoms with Gasteiger partial charge >= 0.3 is 0 Å². The number of ether oxygens (including phenoxy) is 2. The van der Waals surface area contributed by atoms with Crippen LogP contribution in [0.3, 0.4) is 0 Å². The number of hydrogen-bond donors (Lipinski definition) is 2. The molecule has 1 aliphatic heterocycles. The summed E-state index contributed by atoms with van der Waals surface area (Å²) in [6, 6.07) is 9.00. The van der Waals surface area contributed by atoms with Crippen molar-refractivity contribution in [2.75, 3.05) is 18.2 Å². The molecule has 168 valence electrons. The Morgan fingerprint density at radius 2 is 2.06 bits per heavy atom. The van der Waals surface area contributed by atoms with E-state index in [1.807, 2.05) is 6.92 Å². The normalized spacial score (nSPS) is 17.6. The predicted molar refractivity (Wildman–Crippen MR) is 118 cm³/mol. The highest BCUT2D eigenvalue weighted by Gasteiger charge is 2.18. The summed E-state index contributed by atoms with van der Waals surface area (Å²) in [5.74, 6) is -0.353. The van der Waals surface area contributed by atoms with Gasteiger partial charge in [-0.15, -0.1) is 0 Å². The molecule has 2 aromatic carbocycles. The fourth-order valence-corrected chi connectivity index (χ4v) is 4.19. The van der Waals surface area contributed by atoms with Gasteiger partial charge in [-0.05, 0) is 36.8 Å². The number of nitrogens with zero attached hydrogens (tertiary/aromatic N) is 2. The lowest BCUT2D eigenvalue weighted by molar-refractivity contribution is 0.177. The van der Waals surface area contributed by atoms with Crippen molar-refractivity contribution in [2.45, 2.75) is 25.2 Å². The molecule has 0 spiro atoms. The van der Waals surface area contributed by atoms with Crippen LogP contribution in [0.15, 0.2) is 42.6 Å². The van der Waals surface area contributed by atoms with Gasteiger partial charge in [0.2, 0.25) is 5.95 Å². The highest BCUT2D eigenvalue weighted by Crippen LogP contribution is 2.33. The van der Waals surface area contributed by atoms with Crippen LogP contribution in [0.1, 0.15) is 18.9 Å². The van der Waals surface area contributed by atoms with E-state index < -0.39 is 21.4 Å². The van der Waals surface area contributed by atoms with E-state index in [0.29, 0.717) is 29.0 Å². The molecule has 0 fully saturated rings. The molecule has 2 N–H and O–H groups in total. The van der Waals surface area contributed by atoms with Gasteiger partial charge in [0.1, 0.15) is 23.0 Å². The number of aromatic nitrogens is 2. The van der Waals surface area contributed by atoms with Crippen LogP contribution in [-0.2, 0) is 15.5 Å². The number of nitrogens with one attached hydrogen (secondary N) is 2. The molecule has 0 aliphatic carbocycles. The number of halogens is 2. The topological polar surface area (TPSA) is 97.2 Å². The third-order valence-electron chi connectivity index (χ3n) is 4.73. The van der Waals surface area contributed by atoms with Crippen LogP contribution >= 0.6 is 0 Å². The van der Waals surface area contributed by atoms with Crippen molar-refractivity contribution in [3.05, 3.63) is 59.8 Å². The average Bonchev–Trinajstić information content (AvgIpc) is 2.68. The van der Waals surface area contributed by atoms with E-state index in [-0.39, 0.29) is 35.9 Å². The maximum absolute atomic E-state index is 14.6. The number of fused-ring (bicyclic) bond motifs is 6. The Hall–Kier alpha value is -3.27. The van der Waals surface area contributed by atoms with E-state index in [0.717, 1.165) is 6.20 Å². The van der Waals surface area contributed by atoms with Crippen molar-refractivity contribution in [2.24, 2.45) is 0 Å². The Kier molecular flexibility index (Phi) is 5.96. The summed E-state index contributed by atoms with van der Waals surface area (Å²) in [4.78, 5) is 8.26. The minimum atomic E-state index is -2.78. The van der Waals surface area contributed by atoms with Gasteiger partial charge in [-0.3, -0.25) is 4.78 Å². The third-order valence-corrected chi connectivity index (χ3v) is 5.61. The smallest absolute Gasteiger partial charge is 0.227 e. The molecule has 7 nitrogen and oxygen atoms in total. The molecule has 32 heavy (non-hydrogen) atoms. The zero-order valence-electron chi connectivity index (χ0n) is 17.5. The van der Waals surface area contributed by atoms with Crippen LogP contribution in [-0.4, -0.2) is 33.1 Å². The lowest BCUT2D eigenvalue weighted by Gasteiger charge is -2.19. The van der Waals surface area contributed by atoms with E-state index >= 15 is 0 Å². The molecule has 0 saturated carbocycles. The average molecular weight is 461 g/mol. The van der Waals surface area contributed by atoms with E-state index in [1.165, 1.54) is 24.5 Å². The molecule has 2 atom stereocenters. The minimum Gasteiger partial charge on any atom is -0.493 e. The van der Waals surface area contributed by atoms with Gasteiger partial charge in [-0.1, -0.05) is 0 Å². The molecule has 4 bridgehead atoms. The summed E-state index contributed by atoms with van der Waals surface area (Å²) in [5, 5.41) is 3.01. The maximum atomic E-state index is 14.6. The number of hydrogen-bond acceptors (Lipinski definition) is 7. The predicted octanol–water partition coefficient (Wildman–Crippen LogP) is 4.89. The summed E-state index contributed by atoms with van der Waals surface area (Å²) < 4.78 is 60.0. The minimum absolute atomic E-state index is 0.0297. The highest BCUT2D eigenvalue weighted by molar-refractivity contribution is 7.90. The first-order chi connectivity index (χ1) is 15.2. The first-order valence-electron chi connectivity index (χ1n) is 9.91. The molecule has 0 radical (unpaired) electrons. The van der Waals surface area contributed by atoms with Gasteiger partial charge in [0.05, 0.1) is 24.7 Å². The van der Waals surface area contributed by atoms with E-state index in [2.05, 4.69) is 15.3 Å². The second kappa shape index (κ2) is 8.70. The number of benzene rings is 2. The van der Waals surface area contributed by atoms with Gasteiger partial charge in [0.25, 0.3) is 0 Å². The third kappa shape index (κ3) is 5.31. The van der Waals surface area contributed by atoms with Crippen molar-refractivity contribution >= 4 is 21.4 Å². The van der Waals surface area contributed by atoms with Crippen molar-refractivity contribution in [3.8, 4) is 22.8 Å². The quantitative estimate of drug-likeness (QED) is 0.565. The van der Waals surface area contributed by atoms with Crippen molar-refractivity contribution in [1.29, 1.82) is 4.78 Å². The molecule has 4 rings (SSSR count). The van der Waals surface area contributed by atoms with Gasteiger partial charge in [-0.25, -0.2) is 23.0 Å². The first kappa shape index (κ1) is 21.9. The fourth-order valence-electron chi connectivity index (χ4n) is 3.38. The number of anilines is 2. The zero-order valence-corrected chi connectivity index (χ0v) is 18.3. The molecule has 1 aliphatic rings. The van der Waals surface area contributed by atoms with Gasteiger partial charge in [-0.2, -0.15) is 0 Å². The van der Waals surface area contributed by atoms with Crippen molar-refractivity contribution < 1.29 is 22.5 Å². The second-order valence-electron chi connectivity index (χ2n) is 7.74. The molecule has 1 unspecified atom stereocenters. The van der Waals surface area contributed by atoms with Crippen LogP contribution in [0.5, 0.6) is 11.5 Å². The Labute approximate surface area is 184 Å². The highest BCUT2D eigenvalue weighted by atomic mass is 32.2. The summed E-state index contributed by atoms with van der Waals surface area (Å²) >= 11 is 0. The zero-order chi connectivity index (χ0) is 22.9. The molecule has 10 heteroatoms. The van der Waals surface area contributed by atoms with Crippen LogP contribution in [0.2, 0.25) is 0 Å². The Morgan fingerprint density at radius 3 is 2.84 bits per heavy atom. The van der Waals surface area contributed by atoms with E-state index in [1.54, 1.807) is 18.2 Å². The standard InChI is InChI=1S/C22H22F2N4O3S/c1-13-5-6-30-20-9-15(23)3-4-18(20)21-19(24)11-26-22(28-21)27-16-7-14(12-32(2,25)29)8-17(10-16)31-13/h3-4,7-11,13,25H,5-6,12H2,1-2H3,(H,26,27,28)/t13-,32?/m1/s1. The lowest BCUT2D eigenvalue weighted by atomic mass is 10.1. The summed E-state index contributed by atoms with van der Waals surface area (Å²) in [7, 11) is -2.78. The first-order valence-corrected chi connectivity index (χ1v) is 12.0. The van der Waals surface area contributed by atoms with Gasteiger partial charge in [0, 0.05) is 45.8 Å². The molecule has 2 heterocycles. The molecular weight excluding hydrogens is 438 g/mol. The maximum Gasteiger partial charge on any atom is 0.227 e. The Bertz CT molecular complexity index is 1270. The monoisotopic (exact) mass is 460 g/mol. The van der Waals surface area contributed by atoms with Crippen LogP contribution in [0, 0.1) is 16.4 Å². The lowest BCUT2D eigenvalue weighted by Crippen LogP contribution is -2.16. The molecule has 3 aromatic rings. The summed E-state index contributed by atoms with van der Waals surface area (Å²) in [5.41, 5.74) is 1.46. The summed E-state index contributed by atoms with van der Waals surface area (Å²) in [6.45, 7) is 2.07. The van der Waals surface area contributed by atoms with Crippen molar-refractivity contribution in [1.82, 2.24) is 9.97 Å². The van der Waals surface area contributed by atoms with Crippen LogP contribution in [0.25, 0.3) is 11.3 Å². The Balaban J connectivity index is 1.82. The number of rotatable bonds is 2. The van der Waals surface area contributed by atoms with Gasteiger partial charge < -0.3 is 14.8 Å². The van der Waals surface area contributed by atoms with Crippen molar-refractivity contribution in [3.63, 3.8) is 0 Å². The largest absolute Gasteiger partial charge is 0.493 e. The molecule has 0 amide bonds. The van der Waals surface area contributed by atoms with E-state index in [4.69, 9.17) is 14.3 Å². The molecule has 0 saturated heterocycles. The van der Waals surface area contributed by atoms with Gasteiger partial charge in [0.15, 0.2) is 5.82 Å². The summed E-state index contributed by atoms with van der Waals surface area (Å²) in [6.07, 6.45) is 2.61. The van der Waals surface area contributed by atoms with Crippen LogP contribution in [0.4, 0.5) is 20.4 Å².